The molecule has 1 saturated heterocycles. The van der Waals surface area contributed by atoms with Crippen molar-refractivity contribution in [2.45, 2.75) is 18.6 Å². The van der Waals surface area contributed by atoms with Gasteiger partial charge in [-0.15, -0.1) is 10.2 Å². The predicted octanol–water partition coefficient (Wildman–Crippen LogP) is -1.64. The molecule has 0 aliphatic carbocycles. The number of nitrogens with zero attached hydrogens (tertiary/aromatic N) is 6. The molecule has 0 saturated carbocycles. The topological polar surface area (TPSA) is 70.3 Å². The number of likely N-dealkylation sites (N-methyl/N-ethyl adjacent to an activating group) is 2. The molecule has 1 aliphatic heterocycles. The van der Waals surface area contributed by atoms with E-state index in [0.29, 0.717) is 12.2 Å². The normalized spacial score (nSPS) is 25.1. The van der Waals surface area contributed by atoms with Crippen molar-refractivity contribution in [3.8, 4) is 0 Å². The smallest absolute Gasteiger partial charge is 0.177 e. The fourth-order valence-electron chi connectivity index (χ4n) is 2.19. The fourth-order valence-corrected chi connectivity index (χ4v) is 2.19. The molecular weight excluding hydrogens is 220 g/mol. The molecule has 96 valence electrons. The molecule has 0 radical (unpaired) electrons. The van der Waals surface area contributed by atoms with E-state index in [1.54, 1.807) is 7.05 Å². The summed E-state index contributed by atoms with van der Waals surface area (Å²) in [5.74, 6) is 0.599. The van der Waals surface area contributed by atoms with Gasteiger partial charge in [0.2, 0.25) is 0 Å². The summed E-state index contributed by atoms with van der Waals surface area (Å²) in [4.78, 5) is 5.85. The highest BCUT2D eigenvalue weighted by molar-refractivity contribution is 4.90. The molecule has 0 bridgehead atoms. The predicted molar refractivity (Wildman–Crippen MR) is 62.4 cm³/mol. The third-order valence-corrected chi connectivity index (χ3v) is 3.28. The molecule has 1 aromatic rings. The van der Waals surface area contributed by atoms with Crippen molar-refractivity contribution in [2.24, 2.45) is 7.05 Å². The molecule has 1 aromatic heterocycles. The van der Waals surface area contributed by atoms with E-state index in [-0.39, 0.29) is 6.04 Å². The Kier molecular flexibility index (Phi) is 3.70. The van der Waals surface area contributed by atoms with Gasteiger partial charge in [-0.25, -0.2) is 0 Å². The Morgan fingerprint density at radius 1 is 1.35 bits per heavy atom. The first-order chi connectivity index (χ1) is 8.06. The van der Waals surface area contributed by atoms with Crippen LogP contribution in [0, 0.1) is 0 Å². The molecule has 7 heteroatoms. The van der Waals surface area contributed by atoms with Crippen LogP contribution in [-0.2, 0) is 13.5 Å². The summed E-state index contributed by atoms with van der Waals surface area (Å²) in [6.07, 6.45) is 0.00315. The van der Waals surface area contributed by atoms with Gasteiger partial charge >= 0.3 is 0 Å². The maximum absolute atomic E-state index is 10.2. The van der Waals surface area contributed by atoms with Crippen molar-refractivity contribution >= 4 is 0 Å². The summed E-state index contributed by atoms with van der Waals surface area (Å²) < 4.78 is 0. The van der Waals surface area contributed by atoms with E-state index < -0.39 is 6.10 Å². The third-order valence-electron chi connectivity index (χ3n) is 3.28. The Bertz CT molecular complexity index is 367. The van der Waals surface area contributed by atoms with Gasteiger partial charge in [0.25, 0.3) is 0 Å². The standard InChI is InChI=1S/C10H20N6O/c1-14-4-5-15(2)8(7-14)9(17)6-10-11-13-16(3)12-10/h8-9,17H,4-7H2,1-3H3. The first-order valence-electron chi connectivity index (χ1n) is 5.86. The van der Waals surface area contributed by atoms with E-state index in [9.17, 15) is 5.11 Å². The second-order valence-electron chi connectivity index (χ2n) is 4.78. The van der Waals surface area contributed by atoms with Gasteiger partial charge in [-0.2, -0.15) is 4.80 Å². The summed E-state index contributed by atoms with van der Waals surface area (Å²) in [5.41, 5.74) is 0. The van der Waals surface area contributed by atoms with Crippen molar-refractivity contribution in [1.82, 2.24) is 30.0 Å². The SMILES string of the molecule is CN1CCN(C)C(C(O)Cc2nnn(C)n2)C1. The first-order valence-corrected chi connectivity index (χ1v) is 5.86. The fraction of sp³-hybridized carbons (Fsp3) is 0.900. The molecule has 7 nitrogen and oxygen atoms in total. The Morgan fingerprint density at radius 2 is 2.12 bits per heavy atom. The van der Waals surface area contributed by atoms with E-state index in [4.69, 9.17) is 0 Å². The van der Waals surface area contributed by atoms with E-state index in [1.165, 1.54) is 4.80 Å². The van der Waals surface area contributed by atoms with Crippen molar-refractivity contribution in [3.05, 3.63) is 5.82 Å². The molecule has 1 aliphatic rings. The minimum absolute atomic E-state index is 0.137. The average Bonchev–Trinajstić information content (AvgIpc) is 2.67. The lowest BCUT2D eigenvalue weighted by atomic mass is 10.0. The number of aryl methyl sites for hydroxylation is 1. The lowest BCUT2D eigenvalue weighted by molar-refractivity contribution is 0.0143. The maximum atomic E-state index is 10.2. The van der Waals surface area contributed by atoms with Crippen molar-refractivity contribution in [2.75, 3.05) is 33.7 Å². The van der Waals surface area contributed by atoms with Gasteiger partial charge in [-0.3, -0.25) is 4.90 Å². The van der Waals surface area contributed by atoms with Crippen LogP contribution in [-0.4, -0.2) is 81.0 Å². The van der Waals surface area contributed by atoms with Gasteiger partial charge in [0.05, 0.1) is 13.2 Å². The summed E-state index contributed by atoms with van der Waals surface area (Å²) in [6.45, 7) is 2.90. The van der Waals surface area contributed by atoms with E-state index in [0.717, 1.165) is 19.6 Å². The molecule has 2 unspecified atom stereocenters. The molecule has 1 fully saturated rings. The van der Waals surface area contributed by atoms with E-state index in [2.05, 4.69) is 32.3 Å². The van der Waals surface area contributed by atoms with Gasteiger partial charge < -0.3 is 10.0 Å². The third kappa shape index (κ3) is 2.99. The largest absolute Gasteiger partial charge is 0.391 e. The van der Waals surface area contributed by atoms with Gasteiger partial charge in [0.1, 0.15) is 0 Å². The van der Waals surface area contributed by atoms with E-state index >= 15 is 0 Å². The molecule has 0 amide bonds. The van der Waals surface area contributed by atoms with Crippen molar-refractivity contribution in [3.63, 3.8) is 0 Å². The molecular formula is C10H20N6O. The van der Waals surface area contributed by atoms with Crippen LogP contribution in [0.15, 0.2) is 0 Å². The number of hydrogen-bond donors (Lipinski definition) is 1. The highest BCUT2D eigenvalue weighted by Crippen LogP contribution is 2.12. The van der Waals surface area contributed by atoms with Gasteiger partial charge in [0, 0.05) is 32.1 Å². The monoisotopic (exact) mass is 240 g/mol. The number of aliphatic hydroxyl groups is 1. The quantitative estimate of drug-likeness (QED) is 0.683. The molecule has 2 rings (SSSR count). The summed E-state index contributed by atoms with van der Waals surface area (Å²) in [7, 11) is 5.85. The Morgan fingerprint density at radius 3 is 2.76 bits per heavy atom. The number of rotatable bonds is 3. The number of hydrogen-bond acceptors (Lipinski definition) is 6. The van der Waals surface area contributed by atoms with Crippen molar-refractivity contribution in [1.29, 1.82) is 0 Å². The molecule has 2 atom stereocenters. The highest BCUT2D eigenvalue weighted by Gasteiger charge is 2.29. The lowest BCUT2D eigenvalue weighted by Crippen LogP contribution is -2.55. The Balaban J connectivity index is 1.96. The lowest BCUT2D eigenvalue weighted by Gasteiger charge is -2.39. The van der Waals surface area contributed by atoms with Crippen LogP contribution in [0.4, 0.5) is 0 Å². The Hall–Kier alpha value is -1.05. The maximum Gasteiger partial charge on any atom is 0.177 e. The minimum Gasteiger partial charge on any atom is -0.391 e. The van der Waals surface area contributed by atoms with Crippen LogP contribution in [0.2, 0.25) is 0 Å². The number of aliphatic hydroxyl groups excluding tert-OH is 1. The van der Waals surface area contributed by atoms with Crippen LogP contribution in [0.5, 0.6) is 0 Å². The van der Waals surface area contributed by atoms with Gasteiger partial charge in [0.15, 0.2) is 5.82 Å². The molecule has 0 spiro atoms. The summed E-state index contributed by atoms with van der Waals surface area (Å²) in [5, 5.41) is 22.0. The number of tetrazole rings is 1. The van der Waals surface area contributed by atoms with Gasteiger partial charge in [-0.1, -0.05) is 0 Å². The summed E-state index contributed by atoms with van der Waals surface area (Å²) >= 11 is 0. The van der Waals surface area contributed by atoms with Crippen LogP contribution in [0.25, 0.3) is 0 Å². The van der Waals surface area contributed by atoms with Crippen molar-refractivity contribution < 1.29 is 5.11 Å². The zero-order chi connectivity index (χ0) is 12.4. The van der Waals surface area contributed by atoms with Crippen LogP contribution in [0.3, 0.4) is 0 Å². The second-order valence-corrected chi connectivity index (χ2v) is 4.78. The van der Waals surface area contributed by atoms with Crippen LogP contribution >= 0.6 is 0 Å². The molecule has 1 N–H and O–H groups in total. The summed E-state index contributed by atoms with van der Waals surface area (Å²) in [6, 6.07) is 0.137. The van der Waals surface area contributed by atoms with Crippen LogP contribution in [0.1, 0.15) is 5.82 Å². The number of piperazine rings is 1. The zero-order valence-corrected chi connectivity index (χ0v) is 10.6. The van der Waals surface area contributed by atoms with Crippen LogP contribution < -0.4 is 0 Å². The van der Waals surface area contributed by atoms with Gasteiger partial charge in [-0.05, 0) is 19.3 Å². The Labute approximate surface area is 101 Å². The molecule has 2 heterocycles. The first kappa shape index (κ1) is 12.4. The average molecular weight is 240 g/mol. The second kappa shape index (κ2) is 5.07. The zero-order valence-electron chi connectivity index (χ0n) is 10.6. The highest BCUT2D eigenvalue weighted by atomic mass is 16.3. The molecule has 0 aromatic carbocycles. The minimum atomic E-state index is -0.452. The van der Waals surface area contributed by atoms with E-state index in [1.807, 2.05) is 7.05 Å². The number of aromatic nitrogens is 4. The molecule has 17 heavy (non-hydrogen) atoms.